The van der Waals surface area contributed by atoms with Crippen molar-refractivity contribution >= 4 is 35.0 Å². The smallest absolute Gasteiger partial charge is 0.252 e. The molecule has 180 valence electrons. The van der Waals surface area contributed by atoms with E-state index in [-0.39, 0.29) is 24.2 Å². The molecule has 2 aromatic heterocycles. The summed E-state index contributed by atoms with van der Waals surface area (Å²) in [4.78, 5) is 37.1. The minimum Gasteiger partial charge on any atom is -0.372 e. The molecule has 4 N–H and O–H groups in total. The van der Waals surface area contributed by atoms with Gasteiger partial charge in [0.1, 0.15) is 17.5 Å². The van der Waals surface area contributed by atoms with Crippen molar-refractivity contribution in [2.45, 2.75) is 38.5 Å². The molecule has 3 atom stereocenters. The van der Waals surface area contributed by atoms with E-state index >= 15 is 0 Å². The minimum absolute atomic E-state index is 0.0156. The lowest BCUT2D eigenvalue weighted by atomic mass is 10.2. The lowest BCUT2D eigenvalue weighted by Gasteiger charge is -2.36. The number of nitrogens with two attached hydrogens (primary N) is 1. The lowest BCUT2D eigenvalue weighted by molar-refractivity contribution is -0.117. The van der Waals surface area contributed by atoms with Crippen LogP contribution in [-0.4, -0.2) is 66.2 Å². The topological polar surface area (TPSA) is 126 Å². The Bertz CT molecular complexity index is 1050. The van der Waals surface area contributed by atoms with Gasteiger partial charge in [0.05, 0.1) is 29.7 Å². The van der Waals surface area contributed by atoms with Gasteiger partial charge in [-0.3, -0.25) is 9.59 Å². The van der Waals surface area contributed by atoms with E-state index in [0.717, 1.165) is 31.9 Å². The first-order valence-electron chi connectivity index (χ1n) is 11.4. The number of aromatic nitrogens is 2. The predicted octanol–water partition coefficient (Wildman–Crippen LogP) is 1.81. The number of hydrogen-bond donors (Lipinski definition) is 3. The second-order valence-corrected chi connectivity index (χ2v) is 8.77. The highest BCUT2D eigenvalue weighted by molar-refractivity contribution is 5.98. The molecule has 0 bridgehead atoms. The van der Waals surface area contributed by atoms with E-state index in [4.69, 9.17) is 10.5 Å². The van der Waals surface area contributed by atoms with Crippen LogP contribution in [0, 0.1) is 0 Å². The Kier molecular flexibility index (Phi) is 6.97. The van der Waals surface area contributed by atoms with Gasteiger partial charge in [-0.1, -0.05) is 6.58 Å². The summed E-state index contributed by atoms with van der Waals surface area (Å²) in [6.07, 6.45) is 4.07. The molecule has 10 heteroatoms. The highest BCUT2D eigenvalue weighted by Gasteiger charge is 2.26. The SMILES string of the molecule is C=CC(=O)NC1CCN(c2ccc(C(N)=O)c(Nc3ccc(N4CC(C)OC(C)C4)nc3)n2)C1. The number of carbonyl (C=O) groups excluding carboxylic acids is 2. The molecule has 2 aliphatic rings. The number of pyridine rings is 2. The molecule has 0 spiro atoms. The summed E-state index contributed by atoms with van der Waals surface area (Å²) in [5, 5.41) is 6.10. The largest absolute Gasteiger partial charge is 0.372 e. The van der Waals surface area contributed by atoms with Crippen LogP contribution in [0.5, 0.6) is 0 Å². The zero-order valence-corrected chi connectivity index (χ0v) is 19.5. The van der Waals surface area contributed by atoms with Crippen LogP contribution in [0.2, 0.25) is 0 Å². The summed E-state index contributed by atoms with van der Waals surface area (Å²) < 4.78 is 5.80. The van der Waals surface area contributed by atoms with Gasteiger partial charge in [0.15, 0.2) is 0 Å². The molecule has 2 fully saturated rings. The zero-order valence-electron chi connectivity index (χ0n) is 19.5. The molecule has 4 rings (SSSR count). The number of amides is 2. The van der Waals surface area contributed by atoms with Crippen LogP contribution >= 0.6 is 0 Å². The molecule has 3 unspecified atom stereocenters. The van der Waals surface area contributed by atoms with Crippen LogP contribution < -0.4 is 26.2 Å². The molecule has 2 amide bonds. The molecule has 2 saturated heterocycles. The highest BCUT2D eigenvalue weighted by Crippen LogP contribution is 2.26. The Morgan fingerprint density at radius 2 is 1.85 bits per heavy atom. The number of ether oxygens (including phenoxy) is 1. The predicted molar refractivity (Wildman–Crippen MR) is 131 cm³/mol. The fraction of sp³-hybridized carbons (Fsp3) is 0.417. The van der Waals surface area contributed by atoms with Gasteiger partial charge >= 0.3 is 0 Å². The molecule has 34 heavy (non-hydrogen) atoms. The van der Waals surface area contributed by atoms with Gasteiger partial charge < -0.3 is 30.9 Å². The molecular formula is C24H31N7O3. The van der Waals surface area contributed by atoms with Crippen LogP contribution in [0.4, 0.5) is 23.1 Å². The first kappa shape index (κ1) is 23.5. The third-order valence-corrected chi connectivity index (χ3v) is 5.94. The number of anilines is 4. The van der Waals surface area contributed by atoms with Crippen LogP contribution in [0.25, 0.3) is 0 Å². The molecule has 2 aliphatic heterocycles. The third-order valence-electron chi connectivity index (χ3n) is 5.94. The number of nitrogens with zero attached hydrogens (tertiary/aromatic N) is 4. The molecular weight excluding hydrogens is 434 g/mol. The van der Waals surface area contributed by atoms with Crippen molar-refractivity contribution in [3.05, 3.63) is 48.7 Å². The summed E-state index contributed by atoms with van der Waals surface area (Å²) in [7, 11) is 0. The number of rotatable bonds is 7. The fourth-order valence-electron chi connectivity index (χ4n) is 4.41. The second-order valence-electron chi connectivity index (χ2n) is 8.77. The lowest BCUT2D eigenvalue weighted by Crippen LogP contribution is -2.45. The number of carbonyl (C=O) groups is 2. The van der Waals surface area contributed by atoms with E-state index in [1.807, 2.05) is 12.1 Å². The molecule has 4 heterocycles. The first-order valence-corrected chi connectivity index (χ1v) is 11.4. The van der Waals surface area contributed by atoms with Gasteiger partial charge in [0.2, 0.25) is 5.91 Å². The summed E-state index contributed by atoms with van der Waals surface area (Å²) >= 11 is 0. The third kappa shape index (κ3) is 5.45. The molecule has 10 nitrogen and oxygen atoms in total. The summed E-state index contributed by atoms with van der Waals surface area (Å²) in [6.45, 7) is 10.5. The maximum absolute atomic E-state index is 12.0. The average Bonchev–Trinajstić information content (AvgIpc) is 3.27. The number of nitrogens with one attached hydrogen (secondary N) is 2. The van der Waals surface area contributed by atoms with E-state index in [9.17, 15) is 9.59 Å². The van der Waals surface area contributed by atoms with Crippen LogP contribution in [0.15, 0.2) is 43.1 Å². The molecule has 0 radical (unpaired) electrons. The highest BCUT2D eigenvalue weighted by atomic mass is 16.5. The van der Waals surface area contributed by atoms with Crippen LogP contribution in [0.1, 0.15) is 30.6 Å². The van der Waals surface area contributed by atoms with Crippen molar-refractivity contribution in [2.75, 3.05) is 41.3 Å². The summed E-state index contributed by atoms with van der Waals surface area (Å²) in [6, 6.07) is 7.30. The number of hydrogen-bond acceptors (Lipinski definition) is 8. The fourth-order valence-corrected chi connectivity index (χ4v) is 4.41. The maximum atomic E-state index is 12.0. The van der Waals surface area contributed by atoms with E-state index in [2.05, 4.69) is 50.8 Å². The van der Waals surface area contributed by atoms with Crippen molar-refractivity contribution in [1.82, 2.24) is 15.3 Å². The van der Waals surface area contributed by atoms with Crippen LogP contribution in [0.3, 0.4) is 0 Å². The molecule has 0 saturated carbocycles. The maximum Gasteiger partial charge on any atom is 0.252 e. The van der Waals surface area contributed by atoms with E-state index < -0.39 is 5.91 Å². The van der Waals surface area contributed by atoms with E-state index in [0.29, 0.717) is 29.4 Å². The zero-order chi connectivity index (χ0) is 24.2. The van der Waals surface area contributed by atoms with Gasteiger partial charge in [-0.05, 0) is 50.6 Å². The van der Waals surface area contributed by atoms with Crippen molar-refractivity contribution < 1.29 is 14.3 Å². The van der Waals surface area contributed by atoms with Gasteiger partial charge in [-0.2, -0.15) is 0 Å². The Hall–Kier alpha value is -3.66. The van der Waals surface area contributed by atoms with Gasteiger partial charge in [0, 0.05) is 32.2 Å². The van der Waals surface area contributed by atoms with Crippen molar-refractivity contribution in [3.8, 4) is 0 Å². The Morgan fingerprint density at radius 3 is 2.50 bits per heavy atom. The monoisotopic (exact) mass is 465 g/mol. The molecule has 2 aromatic rings. The Labute approximate surface area is 199 Å². The number of morpholine rings is 1. The normalized spacial score (nSPS) is 22.4. The molecule has 0 aliphatic carbocycles. The van der Waals surface area contributed by atoms with E-state index in [1.165, 1.54) is 6.08 Å². The quantitative estimate of drug-likeness (QED) is 0.529. The number of primary amides is 1. The molecule has 0 aromatic carbocycles. The van der Waals surface area contributed by atoms with Crippen molar-refractivity contribution in [3.63, 3.8) is 0 Å². The Morgan fingerprint density at radius 1 is 1.12 bits per heavy atom. The summed E-state index contributed by atoms with van der Waals surface area (Å²) in [5.41, 5.74) is 6.58. The van der Waals surface area contributed by atoms with Crippen molar-refractivity contribution in [2.24, 2.45) is 5.73 Å². The summed E-state index contributed by atoms with van der Waals surface area (Å²) in [5.74, 6) is 1.17. The van der Waals surface area contributed by atoms with Crippen LogP contribution in [-0.2, 0) is 9.53 Å². The van der Waals surface area contributed by atoms with Gasteiger partial charge in [-0.25, -0.2) is 9.97 Å². The standard InChI is InChI=1S/C24H31N7O3/c1-4-22(32)27-18-9-10-30(14-18)21-8-6-19(23(25)33)24(29-21)28-17-5-7-20(26-11-17)31-12-15(2)34-16(3)13-31/h4-8,11,15-16,18H,1,9-10,12-14H2,2-3H3,(H2,25,33)(H,27,32)(H,28,29). The van der Waals surface area contributed by atoms with Crippen molar-refractivity contribution in [1.29, 1.82) is 0 Å². The van der Waals surface area contributed by atoms with Gasteiger partial charge in [0.25, 0.3) is 5.91 Å². The first-order chi connectivity index (χ1) is 16.3. The minimum atomic E-state index is -0.569. The average molecular weight is 466 g/mol. The Balaban J connectivity index is 1.49. The second kappa shape index (κ2) is 10.1. The van der Waals surface area contributed by atoms with Gasteiger partial charge in [-0.15, -0.1) is 0 Å². The van der Waals surface area contributed by atoms with E-state index in [1.54, 1.807) is 18.3 Å².